The molecule has 4 nitrogen and oxygen atoms in total. The number of Topliss-reactive ketones (excluding diaryl/α,β-unsaturated/α-hetero) is 1. The average Bonchev–Trinajstić information content (AvgIpc) is 2.28. The number of esters is 1. The van der Waals surface area contributed by atoms with E-state index in [-0.39, 0.29) is 11.4 Å². The Hall–Kier alpha value is -1.32. The molecule has 0 aliphatic carbocycles. The molecule has 0 N–H and O–H groups in total. The van der Waals surface area contributed by atoms with Gasteiger partial charge in [-0.15, -0.1) is 0 Å². The number of hydrogen-bond donors (Lipinski definition) is 0. The van der Waals surface area contributed by atoms with Gasteiger partial charge in [-0.3, -0.25) is 4.79 Å². The standard InChI is InChI=1S/C12H17NO3/c1-2-16-12(15)10-8-13-6-4-3-5-9(13)7-11(10)14/h8-9H,2-7H2,1H3/t9-/m1/s1. The summed E-state index contributed by atoms with van der Waals surface area (Å²) in [7, 11) is 0. The van der Waals surface area contributed by atoms with Crippen molar-refractivity contribution in [2.24, 2.45) is 0 Å². The van der Waals surface area contributed by atoms with Crippen molar-refractivity contribution in [3.05, 3.63) is 11.8 Å². The fourth-order valence-electron chi connectivity index (χ4n) is 2.35. The van der Waals surface area contributed by atoms with Crippen molar-refractivity contribution in [3.8, 4) is 0 Å². The van der Waals surface area contributed by atoms with Gasteiger partial charge in [-0.05, 0) is 26.2 Å². The number of fused-ring (bicyclic) bond motifs is 1. The summed E-state index contributed by atoms with van der Waals surface area (Å²) in [5.41, 5.74) is 0.222. The van der Waals surface area contributed by atoms with Crippen LogP contribution in [0.3, 0.4) is 0 Å². The van der Waals surface area contributed by atoms with Crippen molar-refractivity contribution in [1.82, 2.24) is 4.90 Å². The van der Waals surface area contributed by atoms with Crippen LogP contribution >= 0.6 is 0 Å². The Bertz CT molecular complexity index is 335. The first-order chi connectivity index (χ1) is 7.72. The zero-order valence-electron chi connectivity index (χ0n) is 9.57. The van der Waals surface area contributed by atoms with Gasteiger partial charge in [0.05, 0.1) is 6.61 Å². The molecule has 1 saturated heterocycles. The zero-order chi connectivity index (χ0) is 11.5. The summed E-state index contributed by atoms with van der Waals surface area (Å²) in [4.78, 5) is 25.4. The van der Waals surface area contributed by atoms with Gasteiger partial charge in [0.25, 0.3) is 0 Å². The van der Waals surface area contributed by atoms with Gasteiger partial charge in [0.1, 0.15) is 5.57 Å². The van der Waals surface area contributed by atoms with E-state index in [0.717, 1.165) is 19.4 Å². The average molecular weight is 223 g/mol. The summed E-state index contributed by atoms with van der Waals surface area (Å²) in [5.74, 6) is -0.543. The maximum atomic E-state index is 11.8. The Balaban J connectivity index is 2.15. The van der Waals surface area contributed by atoms with Gasteiger partial charge < -0.3 is 9.64 Å². The van der Waals surface area contributed by atoms with E-state index >= 15 is 0 Å². The normalized spacial score (nSPS) is 24.8. The van der Waals surface area contributed by atoms with E-state index in [0.29, 0.717) is 19.1 Å². The highest BCUT2D eigenvalue weighted by Crippen LogP contribution is 2.26. The predicted molar refractivity (Wildman–Crippen MR) is 58.7 cm³/mol. The summed E-state index contributed by atoms with van der Waals surface area (Å²) in [6.45, 7) is 3.00. The number of hydrogen-bond acceptors (Lipinski definition) is 4. The van der Waals surface area contributed by atoms with Crippen molar-refractivity contribution in [3.63, 3.8) is 0 Å². The molecule has 16 heavy (non-hydrogen) atoms. The minimum absolute atomic E-state index is 0.0680. The summed E-state index contributed by atoms with van der Waals surface area (Å²) in [6.07, 6.45) is 5.53. The van der Waals surface area contributed by atoms with Crippen molar-refractivity contribution in [1.29, 1.82) is 0 Å². The van der Waals surface area contributed by atoms with E-state index in [1.165, 1.54) is 6.42 Å². The predicted octanol–water partition coefficient (Wildman–Crippen LogP) is 1.26. The van der Waals surface area contributed by atoms with Crippen LogP contribution in [0.15, 0.2) is 11.8 Å². The first-order valence-electron chi connectivity index (χ1n) is 5.90. The fourth-order valence-corrected chi connectivity index (χ4v) is 2.35. The molecule has 0 bridgehead atoms. The van der Waals surface area contributed by atoms with Crippen molar-refractivity contribution in [2.45, 2.75) is 38.6 Å². The van der Waals surface area contributed by atoms with E-state index < -0.39 is 5.97 Å². The van der Waals surface area contributed by atoms with Crippen molar-refractivity contribution >= 4 is 11.8 Å². The van der Waals surface area contributed by atoms with Crippen LogP contribution in [0.4, 0.5) is 0 Å². The number of piperidine rings is 1. The van der Waals surface area contributed by atoms with Crippen LogP contribution in [0.25, 0.3) is 0 Å². The Morgan fingerprint density at radius 2 is 2.38 bits per heavy atom. The lowest BCUT2D eigenvalue weighted by Gasteiger charge is -2.37. The first-order valence-corrected chi connectivity index (χ1v) is 5.90. The minimum atomic E-state index is -0.475. The second-order valence-corrected chi connectivity index (χ2v) is 4.28. The second-order valence-electron chi connectivity index (χ2n) is 4.28. The third kappa shape index (κ3) is 2.10. The highest BCUT2D eigenvalue weighted by atomic mass is 16.5. The lowest BCUT2D eigenvalue weighted by Crippen LogP contribution is -2.42. The molecule has 0 aromatic carbocycles. The van der Waals surface area contributed by atoms with Crippen LogP contribution in [0, 0.1) is 0 Å². The van der Waals surface area contributed by atoms with Crippen LogP contribution in [-0.2, 0) is 14.3 Å². The van der Waals surface area contributed by atoms with Crippen LogP contribution in [-0.4, -0.2) is 35.8 Å². The molecule has 2 rings (SSSR count). The van der Waals surface area contributed by atoms with E-state index in [1.807, 2.05) is 0 Å². The van der Waals surface area contributed by atoms with Crippen molar-refractivity contribution in [2.75, 3.05) is 13.2 Å². The quantitative estimate of drug-likeness (QED) is 0.522. The molecule has 0 aromatic heterocycles. The molecule has 1 fully saturated rings. The first kappa shape index (κ1) is 11.2. The number of rotatable bonds is 2. The van der Waals surface area contributed by atoms with E-state index in [1.54, 1.807) is 13.1 Å². The summed E-state index contributed by atoms with van der Waals surface area (Å²) < 4.78 is 4.88. The lowest BCUT2D eigenvalue weighted by molar-refractivity contribution is -0.140. The largest absolute Gasteiger partial charge is 0.462 e. The number of ketones is 1. The lowest BCUT2D eigenvalue weighted by atomic mass is 9.92. The Labute approximate surface area is 95.2 Å². The van der Waals surface area contributed by atoms with Gasteiger partial charge in [-0.2, -0.15) is 0 Å². The molecular formula is C12H17NO3. The number of carbonyl (C=O) groups excluding carboxylic acids is 2. The van der Waals surface area contributed by atoms with Crippen LogP contribution in [0.1, 0.15) is 32.6 Å². The molecule has 88 valence electrons. The molecule has 4 heteroatoms. The van der Waals surface area contributed by atoms with Crippen molar-refractivity contribution < 1.29 is 14.3 Å². The molecule has 2 heterocycles. The van der Waals surface area contributed by atoms with Gasteiger partial charge in [-0.25, -0.2) is 4.79 Å². The maximum absolute atomic E-state index is 11.8. The summed E-state index contributed by atoms with van der Waals surface area (Å²) >= 11 is 0. The monoisotopic (exact) mass is 223 g/mol. The van der Waals surface area contributed by atoms with E-state index in [2.05, 4.69) is 4.90 Å². The molecule has 0 amide bonds. The molecule has 0 aromatic rings. The number of nitrogens with zero attached hydrogens (tertiary/aromatic N) is 1. The SMILES string of the molecule is CCOC(=O)C1=CN2CCCC[C@@H]2CC1=O. The third-order valence-corrected chi connectivity index (χ3v) is 3.18. The molecule has 0 radical (unpaired) electrons. The van der Waals surface area contributed by atoms with E-state index in [4.69, 9.17) is 4.74 Å². The Kier molecular flexibility index (Phi) is 3.27. The topological polar surface area (TPSA) is 46.6 Å². The van der Waals surface area contributed by atoms with E-state index in [9.17, 15) is 9.59 Å². The van der Waals surface area contributed by atoms with Crippen LogP contribution < -0.4 is 0 Å². The number of ether oxygens (including phenoxy) is 1. The zero-order valence-corrected chi connectivity index (χ0v) is 9.57. The second kappa shape index (κ2) is 4.68. The highest BCUT2D eigenvalue weighted by Gasteiger charge is 2.32. The van der Waals surface area contributed by atoms with Crippen LogP contribution in [0.2, 0.25) is 0 Å². The van der Waals surface area contributed by atoms with Gasteiger partial charge in [-0.1, -0.05) is 0 Å². The minimum Gasteiger partial charge on any atom is -0.462 e. The Morgan fingerprint density at radius 1 is 1.56 bits per heavy atom. The molecule has 1 atom stereocenters. The molecule has 2 aliphatic heterocycles. The molecule has 0 saturated carbocycles. The number of carbonyl (C=O) groups is 2. The molecule has 2 aliphatic rings. The van der Waals surface area contributed by atoms with Gasteiger partial charge >= 0.3 is 5.97 Å². The summed E-state index contributed by atoms with van der Waals surface area (Å²) in [6, 6.07) is 0.305. The van der Waals surface area contributed by atoms with Gasteiger partial charge in [0, 0.05) is 25.2 Å². The maximum Gasteiger partial charge on any atom is 0.343 e. The Morgan fingerprint density at radius 3 is 3.12 bits per heavy atom. The molecule has 0 spiro atoms. The summed E-state index contributed by atoms with van der Waals surface area (Å²) in [5, 5.41) is 0. The smallest absolute Gasteiger partial charge is 0.343 e. The highest BCUT2D eigenvalue weighted by molar-refractivity contribution is 6.17. The molecular weight excluding hydrogens is 206 g/mol. The third-order valence-electron chi connectivity index (χ3n) is 3.18. The van der Waals surface area contributed by atoms with Gasteiger partial charge in [0.15, 0.2) is 5.78 Å². The fraction of sp³-hybridized carbons (Fsp3) is 0.667. The van der Waals surface area contributed by atoms with Gasteiger partial charge in [0.2, 0.25) is 0 Å². The van der Waals surface area contributed by atoms with Crippen LogP contribution in [0.5, 0.6) is 0 Å². The molecule has 0 unspecified atom stereocenters.